The van der Waals surface area contributed by atoms with Gasteiger partial charge in [-0.1, -0.05) is 12.1 Å². The number of aliphatic hydroxyl groups is 3. The van der Waals surface area contributed by atoms with Gasteiger partial charge in [-0.3, -0.25) is 13.9 Å². The molecule has 1 saturated heterocycles. The van der Waals surface area contributed by atoms with Gasteiger partial charge in [0.15, 0.2) is 11.2 Å². The molecule has 5 N–H and O–H groups in total. The van der Waals surface area contributed by atoms with E-state index in [0.717, 1.165) is 5.56 Å². The van der Waals surface area contributed by atoms with Crippen LogP contribution in [-0.4, -0.2) is 66.5 Å². The van der Waals surface area contributed by atoms with Gasteiger partial charge in [0, 0.05) is 12.8 Å². The summed E-state index contributed by atoms with van der Waals surface area (Å²) in [4.78, 5) is 21.4. The number of fused-ring (bicyclic) bond motifs is 1. The van der Waals surface area contributed by atoms with Crippen LogP contribution < -0.4 is 16.0 Å². The molecular formula is C20H25N5O6. The van der Waals surface area contributed by atoms with Crippen LogP contribution in [0.15, 0.2) is 35.4 Å². The summed E-state index contributed by atoms with van der Waals surface area (Å²) in [6.07, 6.45) is -1.10. The number of benzene rings is 1. The van der Waals surface area contributed by atoms with Crippen molar-refractivity contribution in [3.63, 3.8) is 0 Å². The van der Waals surface area contributed by atoms with Crippen molar-refractivity contribution in [2.45, 2.75) is 43.9 Å². The van der Waals surface area contributed by atoms with Gasteiger partial charge in [-0.25, -0.2) is 4.98 Å². The molecule has 31 heavy (non-hydrogen) atoms. The Morgan fingerprint density at radius 2 is 2.10 bits per heavy atom. The summed E-state index contributed by atoms with van der Waals surface area (Å²) in [6, 6.07) is 7.28. The van der Waals surface area contributed by atoms with Crippen molar-refractivity contribution in [1.82, 2.24) is 19.1 Å². The number of nitrogens with zero attached hydrogens (tertiary/aromatic N) is 4. The van der Waals surface area contributed by atoms with Gasteiger partial charge in [0.1, 0.15) is 18.1 Å². The third-order valence-electron chi connectivity index (χ3n) is 5.43. The topological polar surface area (TPSA) is 158 Å². The van der Waals surface area contributed by atoms with E-state index in [1.54, 1.807) is 19.2 Å². The molecule has 4 unspecified atom stereocenters. The van der Waals surface area contributed by atoms with E-state index in [2.05, 4.69) is 9.97 Å². The van der Waals surface area contributed by atoms with Crippen LogP contribution in [0.25, 0.3) is 11.2 Å². The zero-order valence-corrected chi connectivity index (χ0v) is 17.0. The van der Waals surface area contributed by atoms with Crippen molar-refractivity contribution < 1.29 is 24.8 Å². The number of nitrogens with two attached hydrogens (primary N) is 1. The van der Waals surface area contributed by atoms with E-state index in [4.69, 9.17) is 15.2 Å². The lowest BCUT2D eigenvalue weighted by atomic mass is 10.1. The van der Waals surface area contributed by atoms with Crippen molar-refractivity contribution in [2.24, 2.45) is 0 Å². The predicted octanol–water partition coefficient (Wildman–Crippen LogP) is -0.572. The van der Waals surface area contributed by atoms with Gasteiger partial charge in [0.2, 0.25) is 5.95 Å². The lowest BCUT2D eigenvalue weighted by molar-refractivity contribution is -0.0432. The van der Waals surface area contributed by atoms with E-state index >= 15 is 0 Å². The fraction of sp³-hybridized carbons (Fsp3) is 0.450. The minimum atomic E-state index is -0.867. The highest BCUT2D eigenvalue weighted by atomic mass is 16.5. The summed E-state index contributed by atoms with van der Waals surface area (Å²) in [6.45, 7) is -0.365. The zero-order valence-electron chi connectivity index (χ0n) is 17.0. The minimum absolute atomic E-state index is 0.0439. The van der Waals surface area contributed by atoms with Crippen LogP contribution in [0.1, 0.15) is 18.2 Å². The average Bonchev–Trinajstić information content (AvgIpc) is 3.34. The summed E-state index contributed by atoms with van der Waals surface area (Å²) in [5.41, 5.74) is 6.73. The van der Waals surface area contributed by atoms with Gasteiger partial charge in [0.05, 0.1) is 38.8 Å². The monoisotopic (exact) mass is 431 g/mol. The van der Waals surface area contributed by atoms with Crippen LogP contribution in [0.3, 0.4) is 0 Å². The van der Waals surface area contributed by atoms with E-state index in [1.165, 1.54) is 15.5 Å². The van der Waals surface area contributed by atoms with Gasteiger partial charge in [0.25, 0.3) is 5.56 Å². The highest BCUT2D eigenvalue weighted by Gasteiger charge is 2.35. The molecular weight excluding hydrogens is 406 g/mol. The SMILES string of the molecule is COc1ccc(CC(O)Cn2c(N)nc3c(ncn3C3CC(O)C(CO)O3)c2=O)cc1. The molecule has 4 atom stereocenters. The lowest BCUT2D eigenvalue weighted by Crippen LogP contribution is -2.31. The number of aliphatic hydroxyl groups excluding tert-OH is 3. The Kier molecular flexibility index (Phi) is 5.92. The van der Waals surface area contributed by atoms with E-state index in [0.29, 0.717) is 12.2 Å². The number of imidazole rings is 1. The third-order valence-corrected chi connectivity index (χ3v) is 5.43. The molecule has 0 spiro atoms. The molecule has 1 fully saturated rings. The second kappa shape index (κ2) is 8.63. The molecule has 166 valence electrons. The van der Waals surface area contributed by atoms with Crippen LogP contribution in [-0.2, 0) is 17.7 Å². The number of anilines is 1. The first-order chi connectivity index (χ1) is 14.9. The molecule has 1 aromatic carbocycles. The first-order valence-corrected chi connectivity index (χ1v) is 9.89. The number of methoxy groups -OCH3 is 1. The van der Waals surface area contributed by atoms with Crippen LogP contribution in [0.5, 0.6) is 5.75 Å². The van der Waals surface area contributed by atoms with Gasteiger partial charge in [-0.05, 0) is 17.7 Å². The maximum atomic E-state index is 12.9. The Hall–Kier alpha value is -2.99. The van der Waals surface area contributed by atoms with E-state index in [9.17, 15) is 20.1 Å². The van der Waals surface area contributed by atoms with Crippen LogP contribution in [0.4, 0.5) is 5.95 Å². The second-order valence-corrected chi connectivity index (χ2v) is 7.53. The van der Waals surface area contributed by atoms with Gasteiger partial charge < -0.3 is 30.5 Å². The maximum absolute atomic E-state index is 12.9. The summed E-state index contributed by atoms with van der Waals surface area (Å²) < 4.78 is 13.4. The lowest BCUT2D eigenvalue weighted by Gasteiger charge is -2.16. The van der Waals surface area contributed by atoms with Crippen molar-refractivity contribution in [2.75, 3.05) is 19.5 Å². The zero-order chi connectivity index (χ0) is 22.1. The molecule has 1 aliphatic rings. The molecule has 0 radical (unpaired) electrons. The Morgan fingerprint density at radius 1 is 1.35 bits per heavy atom. The van der Waals surface area contributed by atoms with Crippen LogP contribution in [0, 0.1) is 0 Å². The smallest absolute Gasteiger partial charge is 0.283 e. The number of aromatic nitrogens is 4. The first kappa shape index (κ1) is 21.2. The van der Waals surface area contributed by atoms with Crippen LogP contribution in [0.2, 0.25) is 0 Å². The fourth-order valence-corrected chi connectivity index (χ4v) is 3.76. The number of nitrogen functional groups attached to an aromatic ring is 1. The molecule has 0 saturated carbocycles. The number of hydrogen-bond donors (Lipinski definition) is 4. The van der Waals surface area contributed by atoms with E-state index < -0.39 is 30.1 Å². The number of hydrogen-bond acceptors (Lipinski definition) is 9. The van der Waals surface area contributed by atoms with Crippen molar-refractivity contribution in [3.05, 3.63) is 46.5 Å². The summed E-state index contributed by atoms with van der Waals surface area (Å²) in [7, 11) is 1.58. The molecule has 0 amide bonds. The molecule has 1 aliphatic heterocycles. The molecule has 0 aliphatic carbocycles. The highest BCUT2D eigenvalue weighted by Crippen LogP contribution is 2.30. The van der Waals surface area contributed by atoms with Crippen molar-refractivity contribution in [3.8, 4) is 5.75 Å². The molecule has 11 heteroatoms. The second-order valence-electron chi connectivity index (χ2n) is 7.53. The molecule has 0 bridgehead atoms. The summed E-state index contributed by atoms with van der Waals surface area (Å²) >= 11 is 0. The Labute approximate surface area is 177 Å². The van der Waals surface area contributed by atoms with Crippen LogP contribution >= 0.6 is 0 Å². The quantitative estimate of drug-likeness (QED) is 0.384. The Morgan fingerprint density at radius 3 is 2.74 bits per heavy atom. The molecule has 11 nitrogen and oxygen atoms in total. The maximum Gasteiger partial charge on any atom is 0.283 e. The van der Waals surface area contributed by atoms with Crippen molar-refractivity contribution >= 4 is 17.1 Å². The molecule has 4 rings (SSSR count). The normalized spacial score (nSPS) is 22.1. The third kappa shape index (κ3) is 4.12. The standard InChI is InChI=1S/C20H25N5O6/c1-30-13-4-2-11(3-5-13)6-12(27)8-24-19(29)17-18(23-20(24)21)25(10-22-17)16-7-14(28)15(9-26)31-16/h2-5,10,12,14-16,26-28H,6-9H2,1H3,(H2,21,23). The van der Waals surface area contributed by atoms with E-state index in [-0.39, 0.29) is 36.7 Å². The van der Waals surface area contributed by atoms with Crippen molar-refractivity contribution in [1.29, 1.82) is 0 Å². The van der Waals surface area contributed by atoms with Gasteiger partial charge in [-0.15, -0.1) is 0 Å². The highest BCUT2D eigenvalue weighted by molar-refractivity contribution is 5.71. The predicted molar refractivity (Wildman–Crippen MR) is 111 cm³/mol. The minimum Gasteiger partial charge on any atom is -0.497 e. The summed E-state index contributed by atoms with van der Waals surface area (Å²) in [5.74, 6) is 0.651. The van der Waals surface area contributed by atoms with Gasteiger partial charge >= 0.3 is 0 Å². The Bertz CT molecular complexity index is 1110. The Balaban J connectivity index is 1.56. The summed E-state index contributed by atoms with van der Waals surface area (Å²) in [5, 5.41) is 29.7. The molecule has 3 aromatic rings. The first-order valence-electron chi connectivity index (χ1n) is 9.89. The number of rotatable bonds is 7. The molecule has 2 aromatic heterocycles. The fourth-order valence-electron chi connectivity index (χ4n) is 3.76. The average molecular weight is 431 g/mol. The largest absolute Gasteiger partial charge is 0.497 e. The van der Waals surface area contributed by atoms with E-state index in [1.807, 2.05) is 12.1 Å². The molecule has 3 heterocycles. The van der Waals surface area contributed by atoms with Gasteiger partial charge in [-0.2, -0.15) is 4.98 Å². The number of ether oxygens (including phenoxy) is 2.